The van der Waals surface area contributed by atoms with Crippen LogP contribution in [0.2, 0.25) is 0 Å². The van der Waals surface area contributed by atoms with Crippen LogP contribution in [-0.2, 0) is 0 Å². The van der Waals surface area contributed by atoms with Crippen LogP contribution in [0.1, 0.15) is 47.4 Å². The van der Waals surface area contributed by atoms with Crippen LogP contribution >= 0.6 is 0 Å². The molecule has 1 N–H and O–H groups in total. The minimum Gasteiger partial charge on any atom is -0.349 e. The Bertz CT molecular complexity index is 754. The molecule has 23 heavy (non-hydrogen) atoms. The highest BCUT2D eigenvalue weighted by atomic mass is 16.1. The van der Waals surface area contributed by atoms with Gasteiger partial charge in [0, 0.05) is 29.5 Å². The molecule has 6 heteroatoms. The summed E-state index contributed by atoms with van der Waals surface area (Å²) in [6.07, 6.45) is 6.23. The van der Waals surface area contributed by atoms with Gasteiger partial charge in [-0.1, -0.05) is 0 Å². The van der Waals surface area contributed by atoms with Gasteiger partial charge in [-0.3, -0.25) is 4.79 Å². The number of amides is 1. The minimum atomic E-state index is -0.0496. The van der Waals surface area contributed by atoms with Crippen molar-refractivity contribution in [2.45, 2.75) is 57.7 Å². The molecule has 0 saturated carbocycles. The first-order valence-electron chi connectivity index (χ1n) is 8.37. The van der Waals surface area contributed by atoms with E-state index in [1.165, 1.54) is 12.8 Å². The van der Waals surface area contributed by atoms with Gasteiger partial charge in [-0.2, -0.15) is 5.10 Å². The lowest BCUT2D eigenvalue weighted by Gasteiger charge is -2.36. The van der Waals surface area contributed by atoms with Crippen molar-refractivity contribution in [2.75, 3.05) is 7.05 Å². The Labute approximate surface area is 135 Å². The number of hydrogen-bond acceptors (Lipinski definition) is 4. The maximum Gasteiger partial charge on any atom is 0.256 e. The zero-order valence-electron chi connectivity index (χ0n) is 13.9. The van der Waals surface area contributed by atoms with E-state index in [2.05, 4.69) is 27.3 Å². The number of nitrogens with zero attached hydrogens (tertiary/aromatic N) is 4. The summed E-state index contributed by atoms with van der Waals surface area (Å²) in [6, 6.07) is 3.46. The summed E-state index contributed by atoms with van der Waals surface area (Å²) in [4.78, 5) is 19.7. The molecule has 2 saturated heterocycles. The molecule has 122 valence electrons. The van der Waals surface area contributed by atoms with Crippen LogP contribution < -0.4 is 5.32 Å². The van der Waals surface area contributed by atoms with Crippen molar-refractivity contribution in [1.29, 1.82) is 0 Å². The lowest BCUT2D eigenvalue weighted by atomic mass is 9.98. The molecule has 1 amide bonds. The number of hydrogen-bond donors (Lipinski definition) is 1. The lowest BCUT2D eigenvalue weighted by Crippen LogP contribution is -2.48. The summed E-state index contributed by atoms with van der Waals surface area (Å²) < 4.78 is 1.74. The Kier molecular flexibility index (Phi) is 3.37. The Morgan fingerprint density at radius 2 is 1.96 bits per heavy atom. The van der Waals surface area contributed by atoms with Crippen molar-refractivity contribution >= 4 is 11.6 Å². The molecule has 0 spiro atoms. The van der Waals surface area contributed by atoms with E-state index in [1.807, 2.05) is 19.9 Å². The van der Waals surface area contributed by atoms with Crippen LogP contribution in [0.4, 0.5) is 0 Å². The first-order chi connectivity index (χ1) is 11.0. The summed E-state index contributed by atoms with van der Waals surface area (Å²) in [5, 5.41) is 7.53. The number of aryl methyl sites for hydroxylation is 2. The summed E-state index contributed by atoms with van der Waals surface area (Å²) >= 11 is 0. The molecule has 2 fully saturated rings. The smallest absolute Gasteiger partial charge is 0.256 e. The van der Waals surface area contributed by atoms with E-state index in [0.29, 0.717) is 23.3 Å². The predicted octanol–water partition coefficient (Wildman–Crippen LogP) is 1.70. The maximum absolute atomic E-state index is 12.7. The van der Waals surface area contributed by atoms with Gasteiger partial charge < -0.3 is 10.2 Å². The number of carbonyl (C=O) groups is 1. The molecule has 6 nitrogen and oxygen atoms in total. The number of rotatable bonds is 2. The molecule has 2 aliphatic rings. The zero-order chi connectivity index (χ0) is 16.1. The highest BCUT2D eigenvalue weighted by Gasteiger charge is 2.39. The van der Waals surface area contributed by atoms with Gasteiger partial charge in [0.05, 0.1) is 6.20 Å². The van der Waals surface area contributed by atoms with Crippen molar-refractivity contribution < 1.29 is 4.79 Å². The number of fused-ring (bicyclic) bond motifs is 3. The van der Waals surface area contributed by atoms with Gasteiger partial charge in [0.25, 0.3) is 5.91 Å². The third-order valence-corrected chi connectivity index (χ3v) is 5.46. The number of aromatic nitrogens is 3. The van der Waals surface area contributed by atoms with Gasteiger partial charge in [0.2, 0.25) is 0 Å². The Morgan fingerprint density at radius 3 is 2.65 bits per heavy atom. The normalized spacial score (nSPS) is 27.5. The molecule has 2 unspecified atom stereocenters. The lowest BCUT2D eigenvalue weighted by molar-refractivity contribution is 0.0884. The van der Waals surface area contributed by atoms with Gasteiger partial charge in [-0.25, -0.2) is 9.50 Å². The summed E-state index contributed by atoms with van der Waals surface area (Å²) in [7, 11) is 2.21. The van der Waals surface area contributed by atoms with Crippen LogP contribution in [-0.4, -0.2) is 50.6 Å². The monoisotopic (exact) mass is 313 g/mol. The Hall–Kier alpha value is -1.95. The minimum absolute atomic E-state index is 0.0496. The first-order valence-corrected chi connectivity index (χ1v) is 8.37. The van der Waals surface area contributed by atoms with E-state index in [1.54, 1.807) is 10.7 Å². The van der Waals surface area contributed by atoms with Crippen LogP contribution in [0.3, 0.4) is 0 Å². The fourth-order valence-corrected chi connectivity index (χ4v) is 4.22. The topological polar surface area (TPSA) is 62.5 Å². The van der Waals surface area contributed by atoms with Gasteiger partial charge in [0.1, 0.15) is 5.56 Å². The van der Waals surface area contributed by atoms with E-state index in [-0.39, 0.29) is 11.9 Å². The third-order valence-electron chi connectivity index (χ3n) is 5.46. The second kappa shape index (κ2) is 5.30. The summed E-state index contributed by atoms with van der Waals surface area (Å²) in [5.41, 5.74) is 3.12. The van der Waals surface area contributed by atoms with Crippen LogP contribution in [0.25, 0.3) is 5.65 Å². The van der Waals surface area contributed by atoms with Gasteiger partial charge in [0.15, 0.2) is 5.65 Å². The standard InChI is InChI=1S/C17H23N5O/c1-10-6-11(2)22-16(19-10)15(9-18-22)17(23)20-12-7-13-4-5-14(8-12)21(13)3/h6,9,12-14H,4-5,7-8H2,1-3H3,(H,20,23). The van der Waals surface area contributed by atoms with E-state index < -0.39 is 0 Å². The predicted molar refractivity (Wildman–Crippen MR) is 87.5 cm³/mol. The van der Waals surface area contributed by atoms with E-state index in [9.17, 15) is 4.79 Å². The van der Waals surface area contributed by atoms with Gasteiger partial charge >= 0.3 is 0 Å². The number of carbonyl (C=O) groups excluding carboxylic acids is 1. The fraction of sp³-hybridized carbons (Fsp3) is 0.588. The van der Waals surface area contributed by atoms with E-state index in [0.717, 1.165) is 24.2 Å². The number of piperidine rings is 1. The van der Waals surface area contributed by atoms with Crippen molar-refractivity contribution in [2.24, 2.45) is 0 Å². The Balaban J connectivity index is 1.56. The quantitative estimate of drug-likeness (QED) is 0.917. The zero-order valence-corrected chi connectivity index (χ0v) is 13.9. The maximum atomic E-state index is 12.7. The molecule has 4 heterocycles. The summed E-state index contributed by atoms with van der Waals surface area (Å²) in [6.45, 7) is 3.92. The molecule has 2 atom stereocenters. The molecule has 2 aromatic rings. The molecular formula is C17H23N5O. The fourth-order valence-electron chi connectivity index (χ4n) is 4.22. The van der Waals surface area contributed by atoms with Gasteiger partial charge in [-0.05, 0) is 52.6 Å². The largest absolute Gasteiger partial charge is 0.349 e. The molecule has 2 bridgehead atoms. The highest BCUT2D eigenvalue weighted by molar-refractivity contribution is 5.99. The van der Waals surface area contributed by atoms with Crippen molar-refractivity contribution in [1.82, 2.24) is 24.8 Å². The van der Waals surface area contributed by atoms with Crippen LogP contribution in [0, 0.1) is 13.8 Å². The molecule has 2 aromatic heterocycles. The SMILES string of the molecule is Cc1cc(C)n2ncc(C(=O)NC3CC4CCC(C3)N4C)c2n1. The van der Waals surface area contributed by atoms with Crippen molar-refractivity contribution in [3.05, 3.63) is 29.2 Å². The van der Waals surface area contributed by atoms with Crippen molar-refractivity contribution in [3.8, 4) is 0 Å². The third kappa shape index (κ3) is 2.41. The molecule has 0 aliphatic carbocycles. The van der Waals surface area contributed by atoms with Gasteiger partial charge in [-0.15, -0.1) is 0 Å². The Morgan fingerprint density at radius 1 is 1.26 bits per heavy atom. The second-order valence-electron chi connectivity index (χ2n) is 7.02. The second-order valence-corrected chi connectivity index (χ2v) is 7.02. The average Bonchev–Trinajstić information content (AvgIpc) is 2.98. The van der Waals surface area contributed by atoms with E-state index in [4.69, 9.17) is 0 Å². The summed E-state index contributed by atoms with van der Waals surface area (Å²) in [5.74, 6) is -0.0496. The highest BCUT2D eigenvalue weighted by Crippen LogP contribution is 2.34. The van der Waals surface area contributed by atoms with Crippen LogP contribution in [0.5, 0.6) is 0 Å². The van der Waals surface area contributed by atoms with Crippen LogP contribution in [0.15, 0.2) is 12.3 Å². The van der Waals surface area contributed by atoms with Crippen molar-refractivity contribution in [3.63, 3.8) is 0 Å². The first kappa shape index (κ1) is 14.6. The molecular weight excluding hydrogens is 290 g/mol. The van der Waals surface area contributed by atoms with E-state index >= 15 is 0 Å². The molecule has 4 rings (SSSR count). The number of nitrogens with one attached hydrogen (secondary N) is 1. The molecule has 0 aromatic carbocycles. The molecule has 2 aliphatic heterocycles. The average molecular weight is 313 g/mol. The molecule has 0 radical (unpaired) electrons.